The molecule has 0 heterocycles. The molecule has 0 aliphatic rings. The number of hydrogen-bond donors (Lipinski definition) is 1. The first-order chi connectivity index (χ1) is 9.72. The van der Waals surface area contributed by atoms with Gasteiger partial charge in [0.15, 0.2) is 0 Å². The van der Waals surface area contributed by atoms with Crippen molar-refractivity contribution in [1.82, 2.24) is 0 Å². The number of hydrogen-bond acceptors (Lipinski definition) is 1. The zero-order valence-corrected chi connectivity index (χ0v) is 14.5. The molecule has 114 valence electrons. The SMILES string of the molecule is CCCCCCCCCCC(N)Cc1ccc(Br)cc1. The lowest BCUT2D eigenvalue weighted by molar-refractivity contribution is 0.525. The highest BCUT2D eigenvalue weighted by Gasteiger charge is 2.04. The van der Waals surface area contributed by atoms with Crippen molar-refractivity contribution in [3.63, 3.8) is 0 Å². The molecule has 2 heteroatoms. The Balaban J connectivity index is 2.00. The molecular formula is C18H30BrN. The molecule has 1 aromatic rings. The third kappa shape index (κ3) is 8.76. The van der Waals surface area contributed by atoms with Gasteiger partial charge in [-0.15, -0.1) is 0 Å². The summed E-state index contributed by atoms with van der Waals surface area (Å²) >= 11 is 3.46. The zero-order chi connectivity index (χ0) is 14.6. The highest BCUT2D eigenvalue weighted by atomic mass is 79.9. The smallest absolute Gasteiger partial charge is 0.0175 e. The largest absolute Gasteiger partial charge is 0.327 e. The first kappa shape index (κ1) is 17.7. The maximum Gasteiger partial charge on any atom is 0.0175 e. The van der Waals surface area contributed by atoms with Gasteiger partial charge in [0.1, 0.15) is 0 Å². The molecule has 1 unspecified atom stereocenters. The average Bonchev–Trinajstić information content (AvgIpc) is 2.44. The van der Waals surface area contributed by atoms with Gasteiger partial charge < -0.3 is 5.73 Å². The molecule has 0 bridgehead atoms. The van der Waals surface area contributed by atoms with E-state index >= 15 is 0 Å². The molecule has 0 radical (unpaired) electrons. The van der Waals surface area contributed by atoms with Gasteiger partial charge in [0.05, 0.1) is 0 Å². The average molecular weight is 340 g/mol. The minimum absolute atomic E-state index is 0.316. The highest BCUT2D eigenvalue weighted by Crippen LogP contribution is 2.14. The molecule has 0 spiro atoms. The number of halogens is 1. The van der Waals surface area contributed by atoms with Crippen molar-refractivity contribution in [1.29, 1.82) is 0 Å². The van der Waals surface area contributed by atoms with E-state index in [1.165, 1.54) is 56.9 Å². The van der Waals surface area contributed by atoms with Crippen molar-refractivity contribution < 1.29 is 0 Å². The molecule has 0 aliphatic carbocycles. The van der Waals surface area contributed by atoms with Crippen LogP contribution in [0.1, 0.15) is 70.3 Å². The van der Waals surface area contributed by atoms with Crippen LogP contribution in [-0.2, 0) is 6.42 Å². The van der Waals surface area contributed by atoms with Gasteiger partial charge in [-0.05, 0) is 30.5 Å². The first-order valence-electron chi connectivity index (χ1n) is 8.22. The second-order valence-electron chi connectivity index (χ2n) is 5.85. The summed E-state index contributed by atoms with van der Waals surface area (Å²) in [4.78, 5) is 0. The molecule has 1 aromatic carbocycles. The lowest BCUT2D eigenvalue weighted by atomic mass is 10.0. The molecule has 0 aliphatic heterocycles. The highest BCUT2D eigenvalue weighted by molar-refractivity contribution is 9.10. The maximum atomic E-state index is 6.21. The number of rotatable bonds is 11. The van der Waals surface area contributed by atoms with Gasteiger partial charge in [-0.2, -0.15) is 0 Å². The van der Waals surface area contributed by atoms with Crippen LogP contribution in [0.25, 0.3) is 0 Å². The summed E-state index contributed by atoms with van der Waals surface area (Å²) in [5.41, 5.74) is 7.56. The van der Waals surface area contributed by atoms with E-state index in [-0.39, 0.29) is 0 Å². The van der Waals surface area contributed by atoms with E-state index in [0.717, 1.165) is 17.3 Å². The maximum absolute atomic E-state index is 6.21. The summed E-state index contributed by atoms with van der Waals surface area (Å²) in [6.07, 6.45) is 13.2. The number of unbranched alkanes of at least 4 members (excludes halogenated alkanes) is 7. The van der Waals surface area contributed by atoms with E-state index in [1.807, 2.05) is 0 Å². The summed E-state index contributed by atoms with van der Waals surface area (Å²) in [6, 6.07) is 8.84. The minimum atomic E-state index is 0.316. The second-order valence-corrected chi connectivity index (χ2v) is 6.77. The quantitative estimate of drug-likeness (QED) is 0.502. The molecule has 20 heavy (non-hydrogen) atoms. The van der Waals surface area contributed by atoms with E-state index in [1.54, 1.807) is 0 Å². The summed E-state index contributed by atoms with van der Waals surface area (Å²) in [7, 11) is 0. The Morgan fingerprint density at radius 1 is 0.900 bits per heavy atom. The summed E-state index contributed by atoms with van der Waals surface area (Å²) < 4.78 is 1.14. The molecule has 1 atom stereocenters. The number of nitrogens with two attached hydrogens (primary N) is 1. The topological polar surface area (TPSA) is 26.0 Å². The molecule has 0 saturated heterocycles. The predicted molar refractivity (Wildman–Crippen MR) is 93.0 cm³/mol. The van der Waals surface area contributed by atoms with Gasteiger partial charge in [-0.3, -0.25) is 0 Å². The van der Waals surface area contributed by atoms with Gasteiger partial charge in [-0.1, -0.05) is 86.4 Å². The summed E-state index contributed by atoms with van der Waals surface area (Å²) in [5, 5.41) is 0. The molecule has 0 aromatic heterocycles. The van der Waals surface area contributed by atoms with Crippen molar-refractivity contribution in [3.05, 3.63) is 34.3 Å². The monoisotopic (exact) mass is 339 g/mol. The normalized spacial score (nSPS) is 12.6. The van der Waals surface area contributed by atoms with Gasteiger partial charge >= 0.3 is 0 Å². The van der Waals surface area contributed by atoms with Gasteiger partial charge in [0, 0.05) is 10.5 Å². The Morgan fingerprint density at radius 3 is 2.05 bits per heavy atom. The van der Waals surface area contributed by atoms with Crippen molar-refractivity contribution >= 4 is 15.9 Å². The van der Waals surface area contributed by atoms with Gasteiger partial charge in [0.25, 0.3) is 0 Å². The first-order valence-corrected chi connectivity index (χ1v) is 9.01. The third-order valence-corrected chi connectivity index (χ3v) is 4.37. The zero-order valence-electron chi connectivity index (χ0n) is 12.9. The van der Waals surface area contributed by atoms with Crippen LogP contribution in [0, 0.1) is 0 Å². The van der Waals surface area contributed by atoms with Crippen molar-refractivity contribution in [3.8, 4) is 0 Å². The Kier molecular flexibility index (Phi) is 10.0. The van der Waals surface area contributed by atoms with Crippen LogP contribution in [0.4, 0.5) is 0 Å². The Labute approximate surface area is 133 Å². The van der Waals surface area contributed by atoms with Crippen LogP contribution in [0.2, 0.25) is 0 Å². The Morgan fingerprint density at radius 2 is 1.45 bits per heavy atom. The fraction of sp³-hybridized carbons (Fsp3) is 0.667. The predicted octanol–water partition coefficient (Wildman–Crippen LogP) is 5.85. The van der Waals surface area contributed by atoms with E-state index in [9.17, 15) is 0 Å². The molecule has 1 rings (SSSR count). The molecular weight excluding hydrogens is 310 g/mol. The van der Waals surface area contributed by atoms with Crippen LogP contribution in [0.15, 0.2) is 28.7 Å². The minimum Gasteiger partial charge on any atom is -0.327 e. The fourth-order valence-electron chi connectivity index (χ4n) is 2.57. The van der Waals surface area contributed by atoms with Crippen LogP contribution in [0.5, 0.6) is 0 Å². The summed E-state index contributed by atoms with van der Waals surface area (Å²) in [5.74, 6) is 0. The van der Waals surface area contributed by atoms with Crippen LogP contribution in [-0.4, -0.2) is 6.04 Å². The third-order valence-electron chi connectivity index (χ3n) is 3.84. The molecule has 0 fully saturated rings. The van der Waals surface area contributed by atoms with E-state index < -0.39 is 0 Å². The second kappa shape index (κ2) is 11.3. The van der Waals surface area contributed by atoms with Gasteiger partial charge in [-0.25, -0.2) is 0 Å². The standard InChI is InChI=1S/C18H30BrN/c1-2-3-4-5-6-7-8-9-10-18(20)15-16-11-13-17(19)14-12-16/h11-14,18H,2-10,15,20H2,1H3. The van der Waals surface area contributed by atoms with Crippen molar-refractivity contribution in [2.24, 2.45) is 5.73 Å². The van der Waals surface area contributed by atoms with Crippen LogP contribution < -0.4 is 5.73 Å². The molecule has 0 saturated carbocycles. The lowest BCUT2D eigenvalue weighted by Gasteiger charge is -2.11. The van der Waals surface area contributed by atoms with Crippen molar-refractivity contribution in [2.75, 3.05) is 0 Å². The van der Waals surface area contributed by atoms with Crippen LogP contribution in [0.3, 0.4) is 0 Å². The fourth-order valence-corrected chi connectivity index (χ4v) is 2.83. The molecule has 0 amide bonds. The lowest BCUT2D eigenvalue weighted by Crippen LogP contribution is -2.22. The van der Waals surface area contributed by atoms with Crippen LogP contribution >= 0.6 is 15.9 Å². The van der Waals surface area contributed by atoms with Gasteiger partial charge in [0.2, 0.25) is 0 Å². The molecule has 1 nitrogen and oxygen atoms in total. The van der Waals surface area contributed by atoms with E-state index in [0.29, 0.717) is 6.04 Å². The van der Waals surface area contributed by atoms with Crippen molar-refractivity contribution in [2.45, 2.75) is 77.2 Å². The van der Waals surface area contributed by atoms with E-state index in [2.05, 4.69) is 47.1 Å². The van der Waals surface area contributed by atoms with E-state index in [4.69, 9.17) is 5.73 Å². The molecule has 2 N–H and O–H groups in total. The number of benzene rings is 1. The summed E-state index contributed by atoms with van der Waals surface area (Å²) in [6.45, 7) is 2.27. The Hall–Kier alpha value is -0.340. The Bertz CT molecular complexity index is 334.